The van der Waals surface area contributed by atoms with E-state index in [1.165, 1.54) is 69.8 Å². The molecule has 6 unspecified atom stereocenters. The first-order chi connectivity index (χ1) is 13.2. The first-order valence-electron chi connectivity index (χ1n) is 11.3. The van der Waals surface area contributed by atoms with Gasteiger partial charge in [0.25, 0.3) is 0 Å². The zero-order valence-corrected chi connectivity index (χ0v) is 17.4. The summed E-state index contributed by atoms with van der Waals surface area (Å²) in [5, 5.41) is 0.248. The Kier molecular flexibility index (Phi) is 6.27. The molecular weight excluding hydrogens is 355 g/mol. The average molecular weight is 389 g/mol. The highest BCUT2D eigenvalue weighted by Gasteiger charge is 2.44. The summed E-state index contributed by atoms with van der Waals surface area (Å²) in [6.45, 7) is 2.26. The van der Waals surface area contributed by atoms with Crippen molar-refractivity contribution in [2.45, 2.75) is 77.0 Å². The van der Waals surface area contributed by atoms with E-state index in [2.05, 4.69) is 25.1 Å². The fourth-order valence-corrected chi connectivity index (χ4v) is 6.65. The second-order valence-electron chi connectivity index (χ2n) is 9.40. The molecule has 0 spiro atoms. The largest absolute Gasteiger partial charge is 0.205 e. The number of allylic oxidation sites excluding steroid dienone is 2. The van der Waals surface area contributed by atoms with E-state index in [4.69, 9.17) is 11.6 Å². The number of benzene rings is 1. The molecule has 1 aromatic carbocycles. The van der Waals surface area contributed by atoms with Crippen molar-refractivity contribution < 1.29 is 4.39 Å². The second kappa shape index (κ2) is 8.68. The molecule has 0 amide bonds. The molecule has 3 aliphatic carbocycles. The Morgan fingerprint density at radius 1 is 1.00 bits per heavy atom. The highest BCUT2D eigenvalue weighted by atomic mass is 35.5. The lowest BCUT2D eigenvalue weighted by atomic mass is 9.55. The molecule has 1 aromatic rings. The summed E-state index contributed by atoms with van der Waals surface area (Å²) in [7, 11) is 0. The van der Waals surface area contributed by atoms with E-state index in [-0.39, 0.29) is 10.8 Å². The normalized spacial score (nSPS) is 36.4. The van der Waals surface area contributed by atoms with Crippen molar-refractivity contribution in [1.82, 2.24) is 0 Å². The minimum atomic E-state index is -0.255. The van der Waals surface area contributed by atoms with E-state index in [9.17, 15) is 4.39 Å². The third-order valence-electron chi connectivity index (χ3n) is 7.86. The lowest BCUT2D eigenvalue weighted by molar-refractivity contribution is 0.0127. The van der Waals surface area contributed by atoms with Crippen molar-refractivity contribution in [3.8, 4) is 0 Å². The van der Waals surface area contributed by atoms with Crippen LogP contribution in [0.1, 0.15) is 82.6 Å². The molecule has 4 rings (SSSR count). The molecule has 3 fully saturated rings. The van der Waals surface area contributed by atoms with Crippen LogP contribution in [0.4, 0.5) is 4.39 Å². The number of halogens is 2. The van der Waals surface area contributed by atoms with Crippen LogP contribution in [0.2, 0.25) is 5.02 Å². The van der Waals surface area contributed by atoms with Gasteiger partial charge in [-0.3, -0.25) is 0 Å². The van der Waals surface area contributed by atoms with Crippen molar-refractivity contribution in [3.63, 3.8) is 0 Å². The fraction of sp³-hybridized carbons (Fsp3) is 0.680. The molecule has 2 heteroatoms. The Labute approximate surface area is 169 Å². The quantitative estimate of drug-likeness (QED) is 0.456. The lowest BCUT2D eigenvalue weighted by Gasteiger charge is -2.50. The van der Waals surface area contributed by atoms with E-state index in [0.29, 0.717) is 5.92 Å². The van der Waals surface area contributed by atoms with E-state index < -0.39 is 0 Å². The average Bonchev–Trinajstić information content (AvgIpc) is 2.69. The zero-order chi connectivity index (χ0) is 18.8. The van der Waals surface area contributed by atoms with Gasteiger partial charge in [-0.2, -0.15) is 0 Å². The molecular formula is C25H34ClF. The van der Waals surface area contributed by atoms with Crippen LogP contribution in [0.25, 0.3) is 0 Å². The fourth-order valence-electron chi connectivity index (χ4n) is 6.53. The molecule has 3 saturated carbocycles. The predicted octanol–water partition coefficient (Wildman–Crippen LogP) is 8.16. The molecule has 3 aliphatic rings. The number of fused-ring (bicyclic) bond motifs is 3. The standard InChI is InChI=1S/C25H34ClF/c1-2-3-4-5-17-6-11-22-20(14-17)7-8-21-15-18(9-12-23(21)22)19-10-13-24(26)25(27)16-19/h4-5,10,13,16-18,20-23H,2-3,6-9,11-12,14-15H2,1H3/b5-4+. The van der Waals surface area contributed by atoms with Crippen LogP contribution in [0.15, 0.2) is 30.4 Å². The molecule has 0 heterocycles. The SMILES string of the molecule is CCC/C=C/C1CCC2C(CCC3CC(c4ccc(Cl)c(F)c4)CCC32)C1. The minimum absolute atomic E-state index is 0.248. The van der Waals surface area contributed by atoms with Crippen LogP contribution in [0.3, 0.4) is 0 Å². The Morgan fingerprint density at radius 2 is 1.74 bits per heavy atom. The number of unbranched alkanes of at least 4 members (excludes halogenated alkanes) is 1. The summed E-state index contributed by atoms with van der Waals surface area (Å²) >= 11 is 5.88. The van der Waals surface area contributed by atoms with E-state index >= 15 is 0 Å². The van der Waals surface area contributed by atoms with Crippen LogP contribution in [0, 0.1) is 35.4 Å². The van der Waals surface area contributed by atoms with Crippen LogP contribution >= 0.6 is 11.6 Å². The van der Waals surface area contributed by atoms with Gasteiger partial charge in [-0.1, -0.05) is 43.2 Å². The summed E-state index contributed by atoms with van der Waals surface area (Å²) in [6.07, 6.45) is 18.4. The molecule has 27 heavy (non-hydrogen) atoms. The molecule has 6 atom stereocenters. The van der Waals surface area contributed by atoms with Gasteiger partial charge in [0.15, 0.2) is 0 Å². The topological polar surface area (TPSA) is 0 Å². The third kappa shape index (κ3) is 4.29. The van der Waals surface area contributed by atoms with Gasteiger partial charge in [0.2, 0.25) is 0 Å². The highest BCUT2D eigenvalue weighted by Crippen LogP contribution is 2.54. The Hall–Kier alpha value is -0.820. The number of hydrogen-bond donors (Lipinski definition) is 0. The summed E-state index contributed by atoms with van der Waals surface area (Å²) < 4.78 is 13.9. The first kappa shape index (κ1) is 19.5. The van der Waals surface area contributed by atoms with Gasteiger partial charge in [-0.25, -0.2) is 4.39 Å². The molecule has 148 valence electrons. The van der Waals surface area contributed by atoms with Crippen molar-refractivity contribution in [1.29, 1.82) is 0 Å². The van der Waals surface area contributed by atoms with Gasteiger partial charge in [0.05, 0.1) is 5.02 Å². The Morgan fingerprint density at radius 3 is 2.48 bits per heavy atom. The minimum Gasteiger partial charge on any atom is -0.205 e. The summed E-state index contributed by atoms with van der Waals surface area (Å²) in [5.74, 6) is 4.82. The smallest absolute Gasteiger partial charge is 0.142 e. The van der Waals surface area contributed by atoms with Crippen molar-refractivity contribution in [3.05, 3.63) is 46.8 Å². The van der Waals surface area contributed by atoms with Crippen LogP contribution in [-0.2, 0) is 0 Å². The van der Waals surface area contributed by atoms with Crippen LogP contribution < -0.4 is 0 Å². The van der Waals surface area contributed by atoms with Crippen molar-refractivity contribution in [2.24, 2.45) is 29.6 Å². The summed E-state index contributed by atoms with van der Waals surface area (Å²) in [5.41, 5.74) is 1.17. The lowest BCUT2D eigenvalue weighted by Crippen LogP contribution is -2.41. The van der Waals surface area contributed by atoms with Gasteiger partial charge in [-0.15, -0.1) is 0 Å². The van der Waals surface area contributed by atoms with Crippen molar-refractivity contribution in [2.75, 3.05) is 0 Å². The maximum Gasteiger partial charge on any atom is 0.142 e. The van der Waals surface area contributed by atoms with Gasteiger partial charge in [0.1, 0.15) is 5.82 Å². The van der Waals surface area contributed by atoms with E-state index in [1.54, 1.807) is 12.1 Å². The Bertz CT molecular complexity index is 666. The summed E-state index contributed by atoms with van der Waals surface area (Å²) in [6, 6.07) is 5.48. The highest BCUT2D eigenvalue weighted by molar-refractivity contribution is 6.30. The predicted molar refractivity (Wildman–Crippen MR) is 113 cm³/mol. The van der Waals surface area contributed by atoms with Gasteiger partial charge in [-0.05, 0) is 111 Å². The molecule has 0 saturated heterocycles. The molecule has 0 N–H and O–H groups in total. The monoisotopic (exact) mass is 388 g/mol. The van der Waals surface area contributed by atoms with Crippen LogP contribution in [-0.4, -0.2) is 0 Å². The number of rotatable bonds is 4. The molecule has 0 nitrogen and oxygen atoms in total. The van der Waals surface area contributed by atoms with Crippen LogP contribution in [0.5, 0.6) is 0 Å². The summed E-state index contributed by atoms with van der Waals surface area (Å²) in [4.78, 5) is 0. The van der Waals surface area contributed by atoms with Gasteiger partial charge >= 0.3 is 0 Å². The van der Waals surface area contributed by atoms with Gasteiger partial charge < -0.3 is 0 Å². The molecule has 0 aliphatic heterocycles. The number of hydrogen-bond acceptors (Lipinski definition) is 0. The van der Waals surface area contributed by atoms with Gasteiger partial charge in [0, 0.05) is 0 Å². The Balaban J connectivity index is 1.38. The molecule has 0 bridgehead atoms. The molecule has 0 radical (unpaired) electrons. The first-order valence-corrected chi connectivity index (χ1v) is 11.6. The van der Waals surface area contributed by atoms with Crippen molar-refractivity contribution >= 4 is 11.6 Å². The zero-order valence-electron chi connectivity index (χ0n) is 16.7. The van der Waals surface area contributed by atoms with E-state index in [1.807, 2.05) is 0 Å². The molecule has 0 aromatic heterocycles. The van der Waals surface area contributed by atoms with E-state index in [0.717, 1.165) is 29.6 Å². The second-order valence-corrected chi connectivity index (χ2v) is 9.81. The maximum atomic E-state index is 13.9. The third-order valence-corrected chi connectivity index (χ3v) is 8.17. The maximum absolute atomic E-state index is 13.9.